The van der Waals surface area contributed by atoms with Crippen molar-refractivity contribution in [1.29, 1.82) is 0 Å². The zero-order valence-corrected chi connectivity index (χ0v) is 15.8. The van der Waals surface area contributed by atoms with Crippen molar-refractivity contribution in [3.63, 3.8) is 0 Å². The third-order valence-electron chi connectivity index (χ3n) is 3.34. The van der Waals surface area contributed by atoms with Crippen molar-refractivity contribution in [2.24, 2.45) is 11.0 Å². The molecular formula is C14H15ClN4O5S2. The molecule has 9 nitrogen and oxygen atoms in total. The fourth-order valence-electron chi connectivity index (χ4n) is 2.08. The number of nitrogens with two attached hydrogens (primary N) is 2. The van der Waals surface area contributed by atoms with Gasteiger partial charge < -0.3 is 0 Å². The molecule has 2 aromatic rings. The molecule has 0 aliphatic heterocycles. The molecule has 0 radical (unpaired) electrons. The molecular weight excluding hydrogens is 404 g/mol. The quantitative estimate of drug-likeness (QED) is 0.469. The highest BCUT2D eigenvalue weighted by Crippen LogP contribution is 2.24. The Hall–Kier alpha value is -2.02. The van der Waals surface area contributed by atoms with Crippen LogP contribution in [-0.2, 0) is 19.9 Å². The summed E-state index contributed by atoms with van der Waals surface area (Å²) in [6.07, 6.45) is 1.05. The summed E-state index contributed by atoms with van der Waals surface area (Å²) in [5.41, 5.74) is 2.35. The average Bonchev–Trinajstić information content (AvgIpc) is 2.54. The number of hydrogen-bond donors (Lipinski definition) is 3. The van der Waals surface area contributed by atoms with E-state index in [-0.39, 0.29) is 21.2 Å². The molecule has 5 N–H and O–H groups in total. The van der Waals surface area contributed by atoms with Crippen LogP contribution >= 0.6 is 11.6 Å². The second kappa shape index (κ2) is 7.31. The van der Waals surface area contributed by atoms with Crippen LogP contribution in [0.15, 0.2) is 52.3 Å². The van der Waals surface area contributed by atoms with Crippen molar-refractivity contribution in [2.75, 3.05) is 11.3 Å². The molecule has 0 aliphatic rings. The van der Waals surface area contributed by atoms with E-state index >= 15 is 0 Å². The monoisotopic (exact) mass is 418 g/mol. The van der Waals surface area contributed by atoms with Crippen molar-refractivity contribution < 1.29 is 21.6 Å². The minimum Gasteiger partial charge on any atom is -0.267 e. The highest BCUT2D eigenvalue weighted by atomic mass is 35.5. The van der Waals surface area contributed by atoms with E-state index in [1.54, 1.807) is 0 Å². The maximum Gasteiger partial charge on any atom is 0.273 e. The number of sulfone groups is 1. The van der Waals surface area contributed by atoms with Gasteiger partial charge in [-0.2, -0.15) is 5.53 Å². The summed E-state index contributed by atoms with van der Waals surface area (Å²) in [6, 6.07) is 8.88. The van der Waals surface area contributed by atoms with Gasteiger partial charge in [0.25, 0.3) is 5.91 Å². The fraction of sp³-hybridized carbons (Fsp3) is 0.0714. The van der Waals surface area contributed by atoms with Crippen LogP contribution in [0.1, 0.15) is 10.4 Å². The number of nitrogens with zero attached hydrogens (tertiary/aromatic N) is 1. The van der Waals surface area contributed by atoms with Crippen molar-refractivity contribution >= 4 is 43.1 Å². The normalized spacial score (nSPS) is 12.0. The number of halogens is 1. The van der Waals surface area contributed by atoms with E-state index in [1.807, 2.05) is 0 Å². The molecule has 12 heteroatoms. The van der Waals surface area contributed by atoms with Gasteiger partial charge >= 0.3 is 0 Å². The second-order valence-corrected chi connectivity index (χ2v) is 9.18. The van der Waals surface area contributed by atoms with E-state index in [4.69, 9.17) is 22.6 Å². The summed E-state index contributed by atoms with van der Waals surface area (Å²) in [5, 5.41) is 5.84. The minimum absolute atomic E-state index is 0.0523. The maximum absolute atomic E-state index is 12.6. The molecule has 0 aliphatic carbocycles. The first-order chi connectivity index (χ1) is 11.9. The van der Waals surface area contributed by atoms with Crippen molar-refractivity contribution in [3.8, 4) is 0 Å². The second-order valence-electron chi connectivity index (χ2n) is 5.23. The molecule has 0 fully saturated rings. The number of rotatable bonds is 5. The van der Waals surface area contributed by atoms with Crippen LogP contribution in [0.3, 0.4) is 0 Å². The summed E-state index contributed by atoms with van der Waals surface area (Å²) in [6.45, 7) is 0. The number of amides is 1. The summed E-state index contributed by atoms with van der Waals surface area (Å²) in [7, 11) is -7.53. The Morgan fingerprint density at radius 1 is 1.08 bits per heavy atom. The molecule has 0 heterocycles. The lowest BCUT2D eigenvalue weighted by Crippen LogP contribution is -2.47. The van der Waals surface area contributed by atoms with Crippen LogP contribution in [0.2, 0.25) is 5.02 Å². The standard InChI is InChI=1S/C14H15ClN4O5S2/c1-25(21,22)11-5-3-10(4-6-11)19(18-16)14(20)9-2-7-12(15)13(8-9)26(17,23)24/h2-8,18H,16H2,1H3,(H2,17,23,24). The van der Waals surface area contributed by atoms with Gasteiger partial charge in [-0.15, -0.1) is 0 Å². The van der Waals surface area contributed by atoms with E-state index in [0.29, 0.717) is 0 Å². The van der Waals surface area contributed by atoms with Gasteiger partial charge in [-0.1, -0.05) is 11.6 Å². The van der Waals surface area contributed by atoms with E-state index in [0.717, 1.165) is 17.3 Å². The first-order valence-corrected chi connectivity index (χ1v) is 10.7. The lowest BCUT2D eigenvalue weighted by atomic mass is 10.2. The summed E-state index contributed by atoms with van der Waals surface area (Å²) in [5.74, 6) is 4.68. The molecule has 1 amide bonds. The number of primary sulfonamides is 1. The minimum atomic E-state index is -4.13. The first-order valence-electron chi connectivity index (χ1n) is 6.88. The zero-order valence-electron chi connectivity index (χ0n) is 13.4. The van der Waals surface area contributed by atoms with E-state index in [1.165, 1.54) is 36.4 Å². The van der Waals surface area contributed by atoms with Gasteiger partial charge in [0.2, 0.25) is 10.0 Å². The molecule has 2 aromatic carbocycles. The van der Waals surface area contributed by atoms with Crippen LogP contribution in [0.4, 0.5) is 5.69 Å². The Morgan fingerprint density at radius 3 is 2.12 bits per heavy atom. The fourth-order valence-corrected chi connectivity index (χ4v) is 3.78. The highest BCUT2D eigenvalue weighted by molar-refractivity contribution is 7.90. The summed E-state index contributed by atoms with van der Waals surface area (Å²) < 4.78 is 46.1. The zero-order chi connectivity index (χ0) is 19.7. The Bertz CT molecular complexity index is 1050. The van der Waals surface area contributed by atoms with Crippen molar-refractivity contribution in [1.82, 2.24) is 5.53 Å². The highest BCUT2D eigenvalue weighted by Gasteiger charge is 2.21. The van der Waals surface area contributed by atoms with Gasteiger partial charge in [-0.3, -0.25) is 10.6 Å². The molecule has 0 unspecified atom stereocenters. The molecule has 0 spiro atoms. The maximum atomic E-state index is 12.6. The summed E-state index contributed by atoms with van der Waals surface area (Å²) >= 11 is 5.79. The number of carbonyl (C=O) groups excluding carboxylic acids is 1. The smallest absolute Gasteiger partial charge is 0.267 e. The van der Waals surface area contributed by atoms with Gasteiger partial charge in [0.05, 0.1) is 15.6 Å². The van der Waals surface area contributed by atoms with Crippen molar-refractivity contribution in [2.45, 2.75) is 9.79 Å². The van der Waals surface area contributed by atoms with Crippen LogP contribution in [0.5, 0.6) is 0 Å². The lowest BCUT2D eigenvalue weighted by molar-refractivity contribution is 0.0974. The molecule has 0 saturated heterocycles. The third kappa shape index (κ3) is 4.38. The topological polar surface area (TPSA) is 153 Å². The van der Waals surface area contributed by atoms with Gasteiger partial charge in [0.15, 0.2) is 9.84 Å². The predicted octanol–water partition coefficient (Wildman–Crippen LogP) is 0.416. The van der Waals surface area contributed by atoms with Crippen LogP contribution < -0.4 is 21.5 Å². The Balaban J connectivity index is 2.44. The van der Waals surface area contributed by atoms with Gasteiger partial charge in [0.1, 0.15) is 4.90 Å². The van der Waals surface area contributed by atoms with Gasteiger partial charge in [-0.05, 0) is 42.5 Å². The first kappa shape index (κ1) is 20.3. The molecule has 2 rings (SSSR count). The predicted molar refractivity (Wildman–Crippen MR) is 96.5 cm³/mol. The Labute approximate surface area is 155 Å². The number of benzene rings is 2. The SMILES string of the molecule is CS(=O)(=O)c1ccc(N(NN)C(=O)c2ccc(Cl)c(S(N)(=O)=O)c2)cc1. The van der Waals surface area contributed by atoms with E-state index in [2.05, 4.69) is 5.53 Å². The van der Waals surface area contributed by atoms with E-state index < -0.39 is 30.7 Å². The molecule has 0 atom stereocenters. The van der Waals surface area contributed by atoms with Crippen LogP contribution in [-0.4, -0.2) is 29.0 Å². The lowest BCUT2D eigenvalue weighted by Gasteiger charge is -2.21. The molecule has 0 saturated carbocycles. The molecule has 140 valence electrons. The average molecular weight is 419 g/mol. The number of carbonyl (C=O) groups is 1. The molecule has 0 bridgehead atoms. The number of hydrazine groups is 2. The molecule has 26 heavy (non-hydrogen) atoms. The van der Waals surface area contributed by atoms with Crippen LogP contribution in [0.25, 0.3) is 0 Å². The number of anilines is 1. The third-order valence-corrected chi connectivity index (χ3v) is 5.86. The number of sulfonamides is 1. The summed E-state index contributed by atoms with van der Waals surface area (Å²) in [4.78, 5) is 12.3. The van der Waals surface area contributed by atoms with Gasteiger partial charge in [0, 0.05) is 11.8 Å². The number of hydrogen-bond acceptors (Lipinski definition) is 7. The van der Waals surface area contributed by atoms with Crippen molar-refractivity contribution in [3.05, 3.63) is 53.1 Å². The van der Waals surface area contributed by atoms with Crippen LogP contribution in [0, 0.1) is 0 Å². The Morgan fingerprint density at radius 2 is 1.65 bits per heavy atom. The van der Waals surface area contributed by atoms with E-state index in [9.17, 15) is 21.6 Å². The number of nitrogens with one attached hydrogen (secondary N) is 1. The molecule has 0 aromatic heterocycles. The van der Waals surface area contributed by atoms with Gasteiger partial charge in [-0.25, -0.2) is 27.0 Å². The largest absolute Gasteiger partial charge is 0.273 e. The Kier molecular flexibility index (Phi) is 5.70.